The largest absolute Gasteiger partial charge is 0.345 e. The van der Waals surface area contributed by atoms with Crippen LogP contribution in [0.1, 0.15) is 21.5 Å². The van der Waals surface area contributed by atoms with E-state index in [-0.39, 0.29) is 11.8 Å². The van der Waals surface area contributed by atoms with Crippen molar-refractivity contribution in [3.63, 3.8) is 0 Å². The van der Waals surface area contributed by atoms with Gasteiger partial charge in [-0.25, -0.2) is 0 Å². The van der Waals surface area contributed by atoms with Gasteiger partial charge in [0.1, 0.15) is 0 Å². The van der Waals surface area contributed by atoms with Gasteiger partial charge in [0.25, 0.3) is 5.91 Å². The molecule has 0 fully saturated rings. The molecule has 0 aliphatic carbocycles. The predicted octanol–water partition coefficient (Wildman–Crippen LogP) is 4.11. The minimum atomic E-state index is -0.215. The molecule has 0 aromatic heterocycles. The number of benzene rings is 2. The van der Waals surface area contributed by atoms with Gasteiger partial charge in [0.2, 0.25) is 5.91 Å². The van der Waals surface area contributed by atoms with Crippen molar-refractivity contribution in [2.75, 3.05) is 19.4 Å². The molecule has 1 N–H and O–H groups in total. The SMILES string of the molecule is Cc1ccc(NC(=O)/C=C/c2ccc(C(=O)N(C)C)cc2)c(Br)c1. The van der Waals surface area contributed by atoms with Gasteiger partial charge in [0.05, 0.1) is 5.69 Å². The van der Waals surface area contributed by atoms with Gasteiger partial charge in [0, 0.05) is 30.2 Å². The quantitative estimate of drug-likeness (QED) is 0.803. The molecule has 5 heteroatoms. The van der Waals surface area contributed by atoms with Crippen molar-refractivity contribution in [1.29, 1.82) is 0 Å². The van der Waals surface area contributed by atoms with Crippen LogP contribution in [0.15, 0.2) is 53.0 Å². The van der Waals surface area contributed by atoms with Crippen molar-refractivity contribution in [2.45, 2.75) is 6.92 Å². The lowest BCUT2D eigenvalue weighted by atomic mass is 10.1. The van der Waals surface area contributed by atoms with Gasteiger partial charge in [-0.05, 0) is 64.3 Å². The fourth-order valence-electron chi connectivity index (χ4n) is 2.06. The van der Waals surface area contributed by atoms with Gasteiger partial charge in [-0.3, -0.25) is 9.59 Å². The fraction of sp³-hybridized carbons (Fsp3) is 0.158. The number of carbonyl (C=O) groups is 2. The monoisotopic (exact) mass is 386 g/mol. The Labute approximate surface area is 150 Å². The number of hydrogen-bond donors (Lipinski definition) is 1. The first-order valence-electron chi connectivity index (χ1n) is 7.44. The van der Waals surface area contributed by atoms with Gasteiger partial charge < -0.3 is 10.2 Å². The summed E-state index contributed by atoms with van der Waals surface area (Å²) in [6, 6.07) is 12.8. The van der Waals surface area contributed by atoms with Gasteiger partial charge in [0.15, 0.2) is 0 Å². The van der Waals surface area contributed by atoms with E-state index in [1.807, 2.05) is 37.3 Å². The topological polar surface area (TPSA) is 49.4 Å². The molecule has 0 radical (unpaired) electrons. The Balaban J connectivity index is 2.02. The molecule has 0 bridgehead atoms. The molecule has 2 amide bonds. The standard InChI is InChI=1S/C19H19BrN2O2/c1-13-4-10-17(16(20)12-13)21-18(23)11-7-14-5-8-15(9-6-14)19(24)22(2)3/h4-12H,1-3H3,(H,21,23)/b11-7+. The van der Waals surface area contributed by atoms with Crippen molar-refractivity contribution >= 4 is 39.5 Å². The number of amides is 2. The van der Waals surface area contributed by atoms with Crippen LogP contribution < -0.4 is 5.32 Å². The van der Waals surface area contributed by atoms with Gasteiger partial charge in [-0.1, -0.05) is 18.2 Å². The maximum absolute atomic E-state index is 12.0. The van der Waals surface area contributed by atoms with Crippen molar-refractivity contribution in [3.05, 3.63) is 69.7 Å². The van der Waals surface area contributed by atoms with Crippen LogP contribution in [0.3, 0.4) is 0 Å². The molecule has 0 aliphatic heterocycles. The highest BCUT2D eigenvalue weighted by Crippen LogP contribution is 2.23. The van der Waals surface area contributed by atoms with E-state index in [9.17, 15) is 9.59 Å². The fourth-order valence-corrected chi connectivity index (χ4v) is 2.66. The Morgan fingerprint density at radius 3 is 2.33 bits per heavy atom. The number of halogens is 1. The van der Waals surface area contributed by atoms with Crippen LogP contribution >= 0.6 is 15.9 Å². The second-order valence-corrected chi connectivity index (χ2v) is 6.48. The Bertz CT molecular complexity index is 780. The summed E-state index contributed by atoms with van der Waals surface area (Å²) >= 11 is 3.43. The van der Waals surface area contributed by atoms with E-state index in [4.69, 9.17) is 0 Å². The van der Waals surface area contributed by atoms with E-state index in [2.05, 4.69) is 21.2 Å². The highest BCUT2D eigenvalue weighted by Gasteiger charge is 2.07. The normalized spacial score (nSPS) is 10.7. The number of rotatable bonds is 4. The number of hydrogen-bond acceptors (Lipinski definition) is 2. The van der Waals surface area contributed by atoms with Crippen LogP contribution in [0.5, 0.6) is 0 Å². The smallest absolute Gasteiger partial charge is 0.253 e. The molecule has 0 saturated heterocycles. The Morgan fingerprint density at radius 2 is 1.75 bits per heavy atom. The van der Waals surface area contributed by atoms with E-state index in [0.717, 1.165) is 21.3 Å². The summed E-state index contributed by atoms with van der Waals surface area (Å²) in [4.78, 5) is 25.4. The Morgan fingerprint density at radius 1 is 1.08 bits per heavy atom. The number of nitrogens with one attached hydrogen (secondary N) is 1. The maximum Gasteiger partial charge on any atom is 0.253 e. The van der Waals surface area contributed by atoms with E-state index in [0.29, 0.717) is 5.56 Å². The van der Waals surface area contributed by atoms with E-state index >= 15 is 0 Å². The molecule has 2 aromatic rings. The molecule has 2 aromatic carbocycles. The van der Waals surface area contributed by atoms with E-state index in [1.54, 1.807) is 32.3 Å². The summed E-state index contributed by atoms with van der Waals surface area (Å²) < 4.78 is 0.843. The van der Waals surface area contributed by atoms with Crippen molar-refractivity contribution in [3.8, 4) is 0 Å². The third-order valence-electron chi connectivity index (χ3n) is 3.37. The average Bonchev–Trinajstić information content (AvgIpc) is 2.55. The number of nitrogens with zero attached hydrogens (tertiary/aromatic N) is 1. The highest BCUT2D eigenvalue weighted by molar-refractivity contribution is 9.10. The van der Waals surface area contributed by atoms with Crippen molar-refractivity contribution in [1.82, 2.24) is 4.90 Å². The molecule has 24 heavy (non-hydrogen) atoms. The lowest BCUT2D eigenvalue weighted by Crippen LogP contribution is -2.21. The summed E-state index contributed by atoms with van der Waals surface area (Å²) in [5, 5.41) is 2.82. The minimum absolute atomic E-state index is 0.0486. The van der Waals surface area contributed by atoms with Crippen molar-refractivity contribution < 1.29 is 9.59 Å². The number of anilines is 1. The second-order valence-electron chi connectivity index (χ2n) is 5.63. The molecule has 0 atom stereocenters. The first-order chi connectivity index (χ1) is 11.4. The molecule has 0 heterocycles. The lowest BCUT2D eigenvalue weighted by Gasteiger charge is -2.09. The molecular formula is C19H19BrN2O2. The molecule has 124 valence electrons. The summed E-state index contributed by atoms with van der Waals surface area (Å²) in [5.41, 5.74) is 3.30. The molecule has 4 nitrogen and oxygen atoms in total. The van der Waals surface area contributed by atoms with Crippen molar-refractivity contribution in [2.24, 2.45) is 0 Å². The lowest BCUT2D eigenvalue weighted by molar-refractivity contribution is -0.111. The molecule has 2 rings (SSSR count). The Hall–Kier alpha value is -2.40. The third kappa shape index (κ3) is 4.80. The zero-order chi connectivity index (χ0) is 17.7. The van der Waals surface area contributed by atoms with Crippen LogP contribution in [-0.4, -0.2) is 30.8 Å². The number of aryl methyl sites for hydroxylation is 1. The molecule has 0 aliphatic rings. The average molecular weight is 387 g/mol. The van der Waals surface area contributed by atoms with Crippen LogP contribution in [0, 0.1) is 6.92 Å². The van der Waals surface area contributed by atoms with Gasteiger partial charge in [-0.15, -0.1) is 0 Å². The van der Waals surface area contributed by atoms with Crippen LogP contribution in [0.2, 0.25) is 0 Å². The summed E-state index contributed by atoms with van der Waals surface area (Å²) in [7, 11) is 3.42. The van der Waals surface area contributed by atoms with Gasteiger partial charge in [-0.2, -0.15) is 0 Å². The number of carbonyl (C=O) groups excluding carboxylic acids is 2. The van der Waals surface area contributed by atoms with Crippen LogP contribution in [0.25, 0.3) is 6.08 Å². The third-order valence-corrected chi connectivity index (χ3v) is 4.03. The van der Waals surface area contributed by atoms with Gasteiger partial charge >= 0.3 is 0 Å². The zero-order valence-electron chi connectivity index (χ0n) is 13.8. The maximum atomic E-state index is 12.0. The highest BCUT2D eigenvalue weighted by atomic mass is 79.9. The van der Waals surface area contributed by atoms with E-state index in [1.165, 1.54) is 11.0 Å². The first-order valence-corrected chi connectivity index (χ1v) is 8.23. The van der Waals surface area contributed by atoms with E-state index < -0.39 is 0 Å². The second kappa shape index (κ2) is 7.93. The molecule has 0 unspecified atom stereocenters. The molecular weight excluding hydrogens is 368 g/mol. The predicted molar refractivity (Wildman–Crippen MR) is 101 cm³/mol. The summed E-state index contributed by atoms with van der Waals surface area (Å²) in [5.74, 6) is -0.263. The zero-order valence-corrected chi connectivity index (χ0v) is 15.4. The molecule has 0 saturated carbocycles. The van der Waals surface area contributed by atoms with Crippen LogP contribution in [0.4, 0.5) is 5.69 Å². The van der Waals surface area contributed by atoms with Crippen LogP contribution in [-0.2, 0) is 4.79 Å². The first kappa shape index (κ1) is 17.9. The molecule has 0 spiro atoms. The summed E-state index contributed by atoms with van der Waals surface area (Å²) in [6.45, 7) is 1.99. The summed E-state index contributed by atoms with van der Waals surface area (Å²) in [6.07, 6.45) is 3.18. The minimum Gasteiger partial charge on any atom is -0.345 e. The Kier molecular flexibility index (Phi) is 5.93.